The van der Waals surface area contributed by atoms with Gasteiger partial charge in [0.15, 0.2) is 5.88 Å². The molecule has 0 bridgehead atoms. The normalized spacial score (nSPS) is 14.3. The molecule has 0 atom stereocenters. The topological polar surface area (TPSA) is 80.7 Å². The van der Waals surface area contributed by atoms with Crippen molar-refractivity contribution in [2.24, 2.45) is 4.99 Å². The summed E-state index contributed by atoms with van der Waals surface area (Å²) in [7, 11) is 0. The number of hydrogen-bond donors (Lipinski definition) is 3. The summed E-state index contributed by atoms with van der Waals surface area (Å²) in [5.41, 5.74) is 6.61. The first-order valence-corrected chi connectivity index (χ1v) is 14.3. The van der Waals surface area contributed by atoms with Crippen LogP contribution in [0.25, 0.3) is 10.9 Å². The lowest BCUT2D eigenvalue weighted by Crippen LogP contribution is -2.28. The number of nitrogens with zero attached hydrogens (tertiary/aromatic N) is 2. The van der Waals surface area contributed by atoms with Crippen molar-refractivity contribution in [3.8, 4) is 5.88 Å². The molecule has 5 aromatic rings. The molecule has 0 radical (unpaired) electrons. The Kier molecular flexibility index (Phi) is 7.92. The quantitative estimate of drug-likeness (QED) is 0.181. The van der Waals surface area contributed by atoms with E-state index in [-0.39, 0.29) is 18.2 Å². The summed E-state index contributed by atoms with van der Waals surface area (Å²) >= 11 is 0. The number of aromatic hydroxyl groups is 1. The maximum absolute atomic E-state index is 12.8. The summed E-state index contributed by atoms with van der Waals surface area (Å²) in [6.45, 7) is 3.27. The predicted molar refractivity (Wildman–Crippen MR) is 166 cm³/mol. The Hall–Kier alpha value is -4.68. The molecule has 4 aromatic carbocycles. The minimum atomic E-state index is -0.0987. The van der Waals surface area contributed by atoms with Crippen molar-refractivity contribution in [1.82, 2.24) is 9.88 Å². The van der Waals surface area contributed by atoms with Gasteiger partial charge in [-0.15, -0.1) is 0 Å². The van der Waals surface area contributed by atoms with Crippen LogP contribution in [0.4, 0.5) is 11.4 Å². The summed E-state index contributed by atoms with van der Waals surface area (Å²) < 4.78 is 0. The average Bonchev–Trinajstić information content (AvgIpc) is 3.33. The SMILES string of the molecule is O=C(Cc1ccccc1)Nc1ccc2[nH]c(O)c(C(=Nc3ccc(CN4CCCCC4)cc3)c3ccccc3)c2c1. The van der Waals surface area contributed by atoms with Crippen molar-refractivity contribution in [3.05, 3.63) is 125 Å². The van der Waals surface area contributed by atoms with Gasteiger partial charge in [0.2, 0.25) is 5.91 Å². The van der Waals surface area contributed by atoms with E-state index in [0.29, 0.717) is 17.0 Å². The molecule has 0 aliphatic carbocycles. The molecule has 0 spiro atoms. The number of H-pyrrole nitrogens is 1. The van der Waals surface area contributed by atoms with Gasteiger partial charge >= 0.3 is 0 Å². The fourth-order valence-electron chi connectivity index (χ4n) is 5.52. The lowest BCUT2D eigenvalue weighted by molar-refractivity contribution is -0.115. The summed E-state index contributed by atoms with van der Waals surface area (Å²) in [5, 5.41) is 14.9. The standard InChI is InChI=1S/C35H34N4O2/c40-32(22-25-10-4-1-5-11-25)36-29-18-19-31-30(23-29)33(35(41)38-31)34(27-12-6-2-7-13-27)37-28-16-14-26(15-17-28)24-39-20-8-3-9-21-39/h1-2,4-7,10-19,23,38,41H,3,8-9,20-22,24H2,(H,36,40). The summed E-state index contributed by atoms with van der Waals surface area (Å²) in [5.74, 6) is -0.0597. The summed E-state index contributed by atoms with van der Waals surface area (Å²) in [4.78, 5) is 23.4. The van der Waals surface area contributed by atoms with Crippen LogP contribution < -0.4 is 5.32 Å². The third-order valence-electron chi connectivity index (χ3n) is 7.59. The van der Waals surface area contributed by atoms with Crippen molar-refractivity contribution in [2.45, 2.75) is 32.2 Å². The van der Waals surface area contributed by atoms with E-state index in [0.717, 1.165) is 47.4 Å². The van der Waals surface area contributed by atoms with E-state index in [1.165, 1.54) is 24.8 Å². The molecule has 41 heavy (non-hydrogen) atoms. The fourth-order valence-corrected chi connectivity index (χ4v) is 5.52. The number of nitrogens with one attached hydrogen (secondary N) is 2. The fraction of sp³-hybridized carbons (Fsp3) is 0.200. The van der Waals surface area contributed by atoms with Gasteiger partial charge in [-0.1, -0.05) is 79.2 Å². The Bertz CT molecular complexity index is 1650. The molecule has 0 saturated carbocycles. The van der Waals surface area contributed by atoms with Crippen molar-refractivity contribution >= 4 is 33.9 Å². The van der Waals surface area contributed by atoms with Gasteiger partial charge in [-0.3, -0.25) is 9.69 Å². The molecule has 1 fully saturated rings. The number of carbonyl (C=O) groups excluding carboxylic acids is 1. The molecule has 1 amide bonds. The van der Waals surface area contributed by atoms with Crippen molar-refractivity contribution in [2.75, 3.05) is 18.4 Å². The Labute approximate surface area is 240 Å². The number of hydrogen-bond acceptors (Lipinski definition) is 4. The van der Waals surface area contributed by atoms with Gasteiger partial charge in [-0.25, -0.2) is 4.99 Å². The number of carbonyl (C=O) groups is 1. The number of rotatable bonds is 8. The smallest absolute Gasteiger partial charge is 0.228 e. The minimum absolute atomic E-state index is 0.0390. The molecular formula is C35H34N4O2. The number of fused-ring (bicyclic) bond motifs is 1. The van der Waals surface area contributed by atoms with Crippen molar-refractivity contribution < 1.29 is 9.90 Å². The highest BCUT2D eigenvalue weighted by atomic mass is 16.3. The molecule has 6 heteroatoms. The molecule has 206 valence electrons. The van der Waals surface area contributed by atoms with Crippen molar-refractivity contribution in [1.29, 1.82) is 0 Å². The number of aromatic nitrogens is 1. The van der Waals surface area contributed by atoms with Gasteiger partial charge in [0.1, 0.15) is 0 Å². The van der Waals surface area contributed by atoms with Gasteiger partial charge in [-0.2, -0.15) is 0 Å². The van der Waals surface area contributed by atoms with E-state index >= 15 is 0 Å². The second-order valence-electron chi connectivity index (χ2n) is 10.6. The highest BCUT2D eigenvalue weighted by Crippen LogP contribution is 2.33. The second-order valence-corrected chi connectivity index (χ2v) is 10.6. The lowest BCUT2D eigenvalue weighted by Gasteiger charge is -2.26. The maximum Gasteiger partial charge on any atom is 0.228 e. The number of likely N-dealkylation sites (tertiary alicyclic amines) is 1. The number of piperidine rings is 1. The number of amides is 1. The van der Waals surface area contributed by atoms with Crippen LogP contribution in [0.1, 0.15) is 41.5 Å². The first kappa shape index (κ1) is 26.5. The van der Waals surface area contributed by atoms with Gasteiger partial charge in [0, 0.05) is 28.7 Å². The molecule has 1 saturated heterocycles. The second kappa shape index (κ2) is 12.2. The number of aromatic amines is 1. The van der Waals surface area contributed by atoms with Crippen LogP contribution in [0.15, 0.2) is 108 Å². The summed E-state index contributed by atoms with van der Waals surface area (Å²) in [6, 6.07) is 33.5. The Morgan fingerprint density at radius 2 is 1.54 bits per heavy atom. The summed E-state index contributed by atoms with van der Waals surface area (Å²) in [6.07, 6.45) is 4.16. The lowest BCUT2D eigenvalue weighted by atomic mass is 10.0. The molecule has 1 aromatic heterocycles. The van der Waals surface area contributed by atoms with Crippen LogP contribution >= 0.6 is 0 Å². The Morgan fingerprint density at radius 3 is 2.27 bits per heavy atom. The molecule has 2 heterocycles. The van der Waals surface area contributed by atoms with Crippen LogP contribution in [0, 0.1) is 0 Å². The van der Waals surface area contributed by atoms with Gasteiger partial charge in [0.25, 0.3) is 0 Å². The molecule has 1 aliphatic rings. The van der Waals surface area contributed by atoms with E-state index in [1.807, 2.05) is 91.0 Å². The monoisotopic (exact) mass is 542 g/mol. The van der Waals surface area contributed by atoms with E-state index in [4.69, 9.17) is 4.99 Å². The molecule has 3 N–H and O–H groups in total. The van der Waals surface area contributed by atoms with Gasteiger partial charge in [-0.05, 0) is 67.4 Å². The Morgan fingerprint density at radius 1 is 0.829 bits per heavy atom. The molecule has 1 aliphatic heterocycles. The van der Waals surface area contributed by atoms with Crippen LogP contribution in [-0.4, -0.2) is 39.7 Å². The predicted octanol–water partition coefficient (Wildman–Crippen LogP) is 7.21. The number of benzene rings is 4. The zero-order chi connectivity index (χ0) is 28.0. The largest absolute Gasteiger partial charge is 0.494 e. The highest BCUT2D eigenvalue weighted by Gasteiger charge is 2.20. The van der Waals surface area contributed by atoms with Crippen LogP contribution in [0.2, 0.25) is 0 Å². The number of aliphatic imine (C=N–C) groups is 1. The van der Waals surface area contributed by atoms with E-state index < -0.39 is 0 Å². The van der Waals surface area contributed by atoms with E-state index in [9.17, 15) is 9.90 Å². The van der Waals surface area contributed by atoms with Gasteiger partial charge in [0.05, 0.1) is 23.4 Å². The average molecular weight is 543 g/mol. The number of anilines is 1. The molecule has 0 unspecified atom stereocenters. The third-order valence-corrected chi connectivity index (χ3v) is 7.59. The molecule has 6 rings (SSSR count). The van der Waals surface area contributed by atoms with Crippen LogP contribution in [-0.2, 0) is 17.8 Å². The van der Waals surface area contributed by atoms with Crippen LogP contribution in [0.5, 0.6) is 5.88 Å². The van der Waals surface area contributed by atoms with Crippen molar-refractivity contribution in [3.63, 3.8) is 0 Å². The van der Waals surface area contributed by atoms with Crippen LogP contribution in [0.3, 0.4) is 0 Å². The van der Waals surface area contributed by atoms with Gasteiger partial charge < -0.3 is 15.4 Å². The molecule has 6 nitrogen and oxygen atoms in total. The van der Waals surface area contributed by atoms with E-state index in [2.05, 4.69) is 27.3 Å². The van der Waals surface area contributed by atoms with E-state index in [1.54, 1.807) is 0 Å². The maximum atomic E-state index is 12.8. The zero-order valence-corrected chi connectivity index (χ0v) is 23.0. The third kappa shape index (κ3) is 6.39. The Balaban J connectivity index is 1.32. The zero-order valence-electron chi connectivity index (χ0n) is 23.0. The molecular weight excluding hydrogens is 508 g/mol. The first-order valence-electron chi connectivity index (χ1n) is 14.3. The minimum Gasteiger partial charge on any atom is -0.494 e. The first-order chi connectivity index (χ1) is 20.1. The highest BCUT2D eigenvalue weighted by molar-refractivity contribution is 6.22.